The van der Waals surface area contributed by atoms with Crippen LogP contribution in [0.15, 0.2) is 24.3 Å². The van der Waals surface area contributed by atoms with Gasteiger partial charge < -0.3 is 9.84 Å². The minimum atomic E-state index is 0.0815. The molecule has 0 unspecified atom stereocenters. The predicted molar refractivity (Wildman–Crippen MR) is 73.2 cm³/mol. The summed E-state index contributed by atoms with van der Waals surface area (Å²) in [6.45, 7) is 2.02. The molecule has 1 heterocycles. The summed E-state index contributed by atoms with van der Waals surface area (Å²) in [6.07, 6.45) is 1.79. The lowest BCUT2D eigenvalue weighted by Gasteiger charge is -2.06. The van der Waals surface area contributed by atoms with Crippen LogP contribution in [0.4, 0.5) is 0 Å². The van der Waals surface area contributed by atoms with Gasteiger partial charge in [0, 0.05) is 6.42 Å². The van der Waals surface area contributed by atoms with Gasteiger partial charge in [-0.25, -0.2) is 4.98 Å². The largest absolute Gasteiger partial charge is 0.496 e. The second-order valence-corrected chi connectivity index (χ2v) is 5.25. The molecule has 2 aromatic rings. The second kappa shape index (κ2) is 5.98. The molecule has 0 spiro atoms. The standard InChI is InChI=1S/C14H17NO2S/c1-10-13(9-16)18-14(15-10)8-7-11-5-3-4-6-12(11)17-2/h3-6,16H,7-9H2,1-2H3. The third-order valence-electron chi connectivity index (χ3n) is 2.88. The van der Waals surface area contributed by atoms with Crippen molar-refractivity contribution in [1.82, 2.24) is 4.98 Å². The highest BCUT2D eigenvalue weighted by Crippen LogP contribution is 2.22. The maximum atomic E-state index is 9.15. The van der Waals surface area contributed by atoms with Gasteiger partial charge in [-0.1, -0.05) is 18.2 Å². The lowest BCUT2D eigenvalue weighted by molar-refractivity contribution is 0.284. The summed E-state index contributed by atoms with van der Waals surface area (Å²) >= 11 is 1.59. The van der Waals surface area contributed by atoms with E-state index in [4.69, 9.17) is 9.84 Å². The van der Waals surface area contributed by atoms with Gasteiger partial charge in [0.15, 0.2) is 0 Å². The van der Waals surface area contributed by atoms with Crippen molar-refractivity contribution in [1.29, 1.82) is 0 Å². The Hall–Kier alpha value is -1.39. The summed E-state index contributed by atoms with van der Waals surface area (Å²) in [7, 11) is 1.69. The van der Waals surface area contributed by atoms with E-state index in [-0.39, 0.29) is 6.61 Å². The van der Waals surface area contributed by atoms with E-state index in [0.29, 0.717) is 0 Å². The summed E-state index contributed by atoms with van der Waals surface area (Å²) in [6, 6.07) is 8.04. The number of aryl methyl sites for hydroxylation is 3. The van der Waals surface area contributed by atoms with Crippen molar-refractivity contribution in [3.63, 3.8) is 0 Å². The van der Waals surface area contributed by atoms with Gasteiger partial charge in [-0.05, 0) is 25.0 Å². The van der Waals surface area contributed by atoms with Gasteiger partial charge >= 0.3 is 0 Å². The molecule has 0 aliphatic heterocycles. The number of para-hydroxylation sites is 1. The van der Waals surface area contributed by atoms with Crippen molar-refractivity contribution in [2.45, 2.75) is 26.4 Å². The number of thiazole rings is 1. The summed E-state index contributed by atoms with van der Waals surface area (Å²) in [5, 5.41) is 10.2. The fourth-order valence-electron chi connectivity index (χ4n) is 1.89. The molecule has 0 saturated carbocycles. The average molecular weight is 263 g/mol. The Morgan fingerprint density at radius 3 is 2.72 bits per heavy atom. The lowest BCUT2D eigenvalue weighted by Crippen LogP contribution is -1.95. The van der Waals surface area contributed by atoms with E-state index in [2.05, 4.69) is 11.1 Å². The van der Waals surface area contributed by atoms with Crippen molar-refractivity contribution in [3.8, 4) is 5.75 Å². The molecule has 4 heteroatoms. The molecule has 2 rings (SSSR count). The van der Waals surface area contributed by atoms with E-state index in [9.17, 15) is 0 Å². The number of nitrogens with zero attached hydrogens (tertiary/aromatic N) is 1. The van der Waals surface area contributed by atoms with Crippen LogP contribution in [-0.4, -0.2) is 17.2 Å². The van der Waals surface area contributed by atoms with E-state index in [1.807, 2.05) is 25.1 Å². The normalized spacial score (nSPS) is 10.6. The SMILES string of the molecule is COc1ccccc1CCc1nc(C)c(CO)s1. The Morgan fingerprint density at radius 1 is 1.28 bits per heavy atom. The molecule has 0 amide bonds. The first-order valence-electron chi connectivity index (χ1n) is 5.92. The van der Waals surface area contributed by atoms with Gasteiger partial charge in [0.2, 0.25) is 0 Å². The molecule has 3 nitrogen and oxygen atoms in total. The molecule has 0 bridgehead atoms. The molecule has 0 fully saturated rings. The van der Waals surface area contributed by atoms with Crippen LogP contribution in [0.3, 0.4) is 0 Å². The van der Waals surface area contributed by atoms with Crippen LogP contribution in [0.25, 0.3) is 0 Å². The van der Waals surface area contributed by atoms with Crippen molar-refractivity contribution in [2.75, 3.05) is 7.11 Å². The van der Waals surface area contributed by atoms with Gasteiger partial charge in [0.1, 0.15) is 5.75 Å². The Kier molecular flexibility index (Phi) is 4.33. The first-order valence-corrected chi connectivity index (χ1v) is 6.74. The minimum absolute atomic E-state index is 0.0815. The van der Waals surface area contributed by atoms with Crippen molar-refractivity contribution in [2.24, 2.45) is 0 Å². The molecule has 0 radical (unpaired) electrons. The highest BCUT2D eigenvalue weighted by atomic mass is 32.1. The van der Waals surface area contributed by atoms with E-state index in [0.717, 1.165) is 34.2 Å². The lowest BCUT2D eigenvalue weighted by atomic mass is 10.1. The quantitative estimate of drug-likeness (QED) is 0.902. The number of aliphatic hydroxyl groups is 1. The summed E-state index contributed by atoms with van der Waals surface area (Å²) in [4.78, 5) is 5.43. The van der Waals surface area contributed by atoms with Gasteiger partial charge in [-0.15, -0.1) is 11.3 Å². The first kappa shape index (κ1) is 13.1. The number of aliphatic hydroxyl groups excluding tert-OH is 1. The van der Waals surface area contributed by atoms with Crippen LogP contribution in [0.5, 0.6) is 5.75 Å². The maximum Gasteiger partial charge on any atom is 0.122 e. The van der Waals surface area contributed by atoms with Gasteiger partial charge in [-0.3, -0.25) is 0 Å². The minimum Gasteiger partial charge on any atom is -0.496 e. The molecule has 0 saturated heterocycles. The number of ether oxygens (including phenoxy) is 1. The fraction of sp³-hybridized carbons (Fsp3) is 0.357. The molecule has 96 valence electrons. The second-order valence-electron chi connectivity index (χ2n) is 4.09. The number of hydrogen-bond donors (Lipinski definition) is 1. The zero-order valence-corrected chi connectivity index (χ0v) is 11.5. The van der Waals surface area contributed by atoms with Gasteiger partial charge in [-0.2, -0.15) is 0 Å². The van der Waals surface area contributed by atoms with Crippen LogP contribution < -0.4 is 4.74 Å². The van der Waals surface area contributed by atoms with Crippen molar-refractivity contribution in [3.05, 3.63) is 45.4 Å². The molecular weight excluding hydrogens is 246 g/mol. The number of aromatic nitrogens is 1. The van der Waals surface area contributed by atoms with E-state index < -0.39 is 0 Å². The smallest absolute Gasteiger partial charge is 0.122 e. The van der Waals surface area contributed by atoms with E-state index in [1.165, 1.54) is 5.56 Å². The zero-order chi connectivity index (χ0) is 13.0. The molecule has 1 N–H and O–H groups in total. The maximum absolute atomic E-state index is 9.15. The molecular formula is C14H17NO2S. The Bertz CT molecular complexity index is 522. The molecule has 18 heavy (non-hydrogen) atoms. The van der Waals surface area contributed by atoms with E-state index >= 15 is 0 Å². The number of benzene rings is 1. The van der Waals surface area contributed by atoms with Gasteiger partial charge in [0.05, 0.1) is 29.3 Å². The topological polar surface area (TPSA) is 42.4 Å². The summed E-state index contributed by atoms with van der Waals surface area (Å²) in [5.74, 6) is 0.924. The summed E-state index contributed by atoms with van der Waals surface area (Å²) in [5.41, 5.74) is 2.14. The van der Waals surface area contributed by atoms with Gasteiger partial charge in [0.25, 0.3) is 0 Å². The fourth-order valence-corrected chi connectivity index (χ4v) is 2.82. The highest BCUT2D eigenvalue weighted by Gasteiger charge is 2.08. The number of rotatable bonds is 5. The van der Waals surface area contributed by atoms with Crippen molar-refractivity contribution >= 4 is 11.3 Å². The van der Waals surface area contributed by atoms with E-state index in [1.54, 1.807) is 18.4 Å². The van der Waals surface area contributed by atoms with Crippen LogP contribution >= 0.6 is 11.3 Å². The number of methoxy groups -OCH3 is 1. The highest BCUT2D eigenvalue weighted by molar-refractivity contribution is 7.11. The van der Waals surface area contributed by atoms with Crippen LogP contribution in [0.1, 0.15) is 21.1 Å². The Labute approximate surface area is 111 Å². The molecule has 1 aromatic carbocycles. The van der Waals surface area contributed by atoms with Crippen LogP contribution in [-0.2, 0) is 19.4 Å². The Morgan fingerprint density at radius 2 is 2.06 bits per heavy atom. The molecule has 1 aromatic heterocycles. The molecule has 0 aliphatic carbocycles. The van der Waals surface area contributed by atoms with Crippen LogP contribution in [0.2, 0.25) is 0 Å². The predicted octanol–water partition coefficient (Wildman–Crippen LogP) is 2.74. The Balaban J connectivity index is 2.06. The zero-order valence-electron chi connectivity index (χ0n) is 10.6. The number of hydrogen-bond acceptors (Lipinski definition) is 4. The molecule has 0 aliphatic rings. The first-order chi connectivity index (χ1) is 8.74. The molecule has 0 atom stereocenters. The third-order valence-corrected chi connectivity index (χ3v) is 4.08. The third kappa shape index (κ3) is 2.89. The average Bonchev–Trinajstić information content (AvgIpc) is 2.77. The monoisotopic (exact) mass is 263 g/mol. The summed E-state index contributed by atoms with van der Waals surface area (Å²) < 4.78 is 5.33. The van der Waals surface area contributed by atoms with Crippen molar-refractivity contribution < 1.29 is 9.84 Å². The van der Waals surface area contributed by atoms with Crippen LogP contribution in [0, 0.1) is 6.92 Å².